The Morgan fingerprint density at radius 3 is 2.52 bits per heavy atom. The van der Waals surface area contributed by atoms with E-state index in [1.54, 1.807) is 0 Å². The van der Waals surface area contributed by atoms with Gasteiger partial charge in [-0.25, -0.2) is 8.78 Å². The van der Waals surface area contributed by atoms with Gasteiger partial charge in [0.05, 0.1) is 5.69 Å². The number of anilines is 1. The van der Waals surface area contributed by atoms with Crippen LogP contribution < -0.4 is 10.6 Å². The predicted octanol–water partition coefficient (Wildman–Crippen LogP) is 1.36. The van der Waals surface area contributed by atoms with Crippen molar-refractivity contribution in [2.24, 2.45) is 0 Å². The highest BCUT2D eigenvalue weighted by Crippen LogP contribution is 2.14. The summed E-state index contributed by atoms with van der Waals surface area (Å²) in [6, 6.07) is 2.80. The lowest BCUT2D eigenvalue weighted by molar-refractivity contribution is -0.126. The Kier molecular flexibility index (Phi) is 6.74. The van der Waals surface area contributed by atoms with Gasteiger partial charge in [-0.05, 0) is 39.2 Å². The van der Waals surface area contributed by atoms with Crippen molar-refractivity contribution in [3.63, 3.8) is 0 Å². The van der Waals surface area contributed by atoms with Gasteiger partial charge < -0.3 is 15.5 Å². The summed E-state index contributed by atoms with van der Waals surface area (Å²) in [6.07, 6.45) is 0.367. The molecule has 5 nitrogen and oxygen atoms in total. The number of hydrogen-bond donors (Lipinski definition) is 2. The Balaban J connectivity index is 2.34. The summed E-state index contributed by atoms with van der Waals surface area (Å²) in [5, 5.41) is 4.83. The van der Waals surface area contributed by atoms with Crippen molar-refractivity contribution < 1.29 is 18.4 Å². The maximum Gasteiger partial charge on any atom is 0.233 e. The van der Waals surface area contributed by atoms with Gasteiger partial charge in [-0.1, -0.05) is 0 Å². The second kappa shape index (κ2) is 8.31. The zero-order chi connectivity index (χ0) is 15.8. The van der Waals surface area contributed by atoms with Crippen LogP contribution in [0.5, 0.6) is 0 Å². The highest BCUT2D eigenvalue weighted by Gasteiger charge is 2.12. The molecular formula is C14H19F2N3O2. The molecule has 1 aromatic carbocycles. The van der Waals surface area contributed by atoms with Crippen LogP contribution in [0, 0.1) is 11.6 Å². The largest absolute Gasteiger partial charge is 0.356 e. The van der Waals surface area contributed by atoms with Crippen molar-refractivity contribution in [3.8, 4) is 0 Å². The highest BCUT2D eigenvalue weighted by molar-refractivity contribution is 6.03. The van der Waals surface area contributed by atoms with E-state index in [1.807, 2.05) is 19.0 Å². The maximum atomic E-state index is 13.3. The van der Waals surface area contributed by atoms with E-state index < -0.39 is 29.9 Å². The lowest BCUT2D eigenvalue weighted by atomic mass is 10.2. The molecule has 2 amide bonds. The second-order valence-corrected chi connectivity index (χ2v) is 4.86. The van der Waals surface area contributed by atoms with Crippen LogP contribution in [-0.4, -0.2) is 43.9 Å². The van der Waals surface area contributed by atoms with E-state index in [-0.39, 0.29) is 5.69 Å². The third-order valence-corrected chi connectivity index (χ3v) is 2.63. The van der Waals surface area contributed by atoms with Crippen molar-refractivity contribution in [3.05, 3.63) is 29.8 Å². The minimum atomic E-state index is -0.880. The van der Waals surface area contributed by atoms with Gasteiger partial charge in [0.15, 0.2) is 0 Å². The number of carbonyl (C=O) groups is 2. The molecule has 21 heavy (non-hydrogen) atoms. The first-order valence-corrected chi connectivity index (χ1v) is 6.55. The number of halogens is 2. The summed E-state index contributed by atoms with van der Waals surface area (Å²) in [7, 11) is 3.85. The van der Waals surface area contributed by atoms with Crippen LogP contribution in [0.3, 0.4) is 0 Å². The van der Waals surface area contributed by atoms with Crippen LogP contribution in [0.1, 0.15) is 12.8 Å². The Hall–Kier alpha value is -2.02. The molecule has 116 valence electrons. The van der Waals surface area contributed by atoms with Crippen LogP contribution >= 0.6 is 0 Å². The van der Waals surface area contributed by atoms with E-state index in [0.29, 0.717) is 12.6 Å². The molecule has 0 atom stereocenters. The number of amides is 2. The smallest absolute Gasteiger partial charge is 0.233 e. The van der Waals surface area contributed by atoms with Gasteiger partial charge in [0.2, 0.25) is 11.8 Å². The summed E-state index contributed by atoms with van der Waals surface area (Å²) in [6.45, 7) is 1.29. The fourth-order valence-electron chi connectivity index (χ4n) is 1.62. The monoisotopic (exact) mass is 299 g/mol. The summed E-state index contributed by atoms with van der Waals surface area (Å²) in [5.74, 6) is -2.70. The van der Waals surface area contributed by atoms with Gasteiger partial charge in [0.25, 0.3) is 0 Å². The molecule has 0 aromatic heterocycles. The Morgan fingerprint density at radius 2 is 1.90 bits per heavy atom. The van der Waals surface area contributed by atoms with Crippen LogP contribution in [0.15, 0.2) is 18.2 Å². The minimum Gasteiger partial charge on any atom is -0.356 e. The van der Waals surface area contributed by atoms with E-state index in [0.717, 1.165) is 25.1 Å². The molecule has 0 aliphatic carbocycles. The SMILES string of the molecule is CN(C)CCCNC(=O)CC(=O)Nc1ccc(F)cc1F. The minimum absolute atomic E-state index is 0.151. The van der Waals surface area contributed by atoms with Gasteiger partial charge >= 0.3 is 0 Å². The summed E-state index contributed by atoms with van der Waals surface area (Å²) in [4.78, 5) is 25.0. The Labute approximate surface area is 122 Å². The van der Waals surface area contributed by atoms with Crippen molar-refractivity contribution in [1.29, 1.82) is 0 Å². The number of nitrogens with one attached hydrogen (secondary N) is 2. The van der Waals surface area contributed by atoms with E-state index >= 15 is 0 Å². The zero-order valence-electron chi connectivity index (χ0n) is 12.1. The van der Waals surface area contributed by atoms with Gasteiger partial charge in [0, 0.05) is 12.6 Å². The summed E-state index contributed by atoms with van der Waals surface area (Å²) in [5.41, 5.74) is -0.151. The first kappa shape index (κ1) is 17.0. The normalized spacial score (nSPS) is 10.5. The van der Waals surface area contributed by atoms with E-state index in [2.05, 4.69) is 10.6 Å². The van der Waals surface area contributed by atoms with E-state index in [1.165, 1.54) is 0 Å². The number of benzene rings is 1. The van der Waals surface area contributed by atoms with E-state index in [9.17, 15) is 18.4 Å². The molecule has 0 bridgehead atoms. The number of rotatable bonds is 7. The molecule has 0 fully saturated rings. The van der Waals surface area contributed by atoms with E-state index in [4.69, 9.17) is 0 Å². The number of hydrogen-bond acceptors (Lipinski definition) is 3. The third-order valence-electron chi connectivity index (χ3n) is 2.63. The quantitative estimate of drug-likeness (QED) is 0.590. The van der Waals surface area contributed by atoms with Crippen molar-refractivity contribution in [2.75, 3.05) is 32.5 Å². The summed E-state index contributed by atoms with van der Waals surface area (Å²) < 4.78 is 26.0. The van der Waals surface area contributed by atoms with Crippen LogP contribution in [0.25, 0.3) is 0 Å². The standard InChI is InChI=1S/C14H19F2N3O2/c1-19(2)7-3-6-17-13(20)9-14(21)18-12-5-4-10(15)8-11(12)16/h4-5,8H,3,6-7,9H2,1-2H3,(H,17,20)(H,18,21). The topological polar surface area (TPSA) is 61.4 Å². The molecule has 0 radical (unpaired) electrons. The van der Waals surface area contributed by atoms with Gasteiger partial charge in [-0.2, -0.15) is 0 Å². The predicted molar refractivity (Wildman–Crippen MR) is 75.8 cm³/mol. The molecule has 1 rings (SSSR count). The van der Waals surface area contributed by atoms with Crippen molar-refractivity contribution >= 4 is 17.5 Å². The van der Waals surface area contributed by atoms with Gasteiger partial charge in [0.1, 0.15) is 18.1 Å². The first-order chi connectivity index (χ1) is 9.88. The summed E-state index contributed by atoms with van der Waals surface area (Å²) >= 11 is 0. The molecule has 7 heteroatoms. The maximum absolute atomic E-state index is 13.3. The first-order valence-electron chi connectivity index (χ1n) is 6.55. The van der Waals surface area contributed by atoms with Gasteiger partial charge in [-0.15, -0.1) is 0 Å². The molecule has 0 unspecified atom stereocenters. The molecule has 1 aromatic rings. The fourth-order valence-corrected chi connectivity index (χ4v) is 1.62. The molecule has 0 heterocycles. The number of nitrogens with zero attached hydrogens (tertiary/aromatic N) is 1. The number of carbonyl (C=O) groups excluding carboxylic acids is 2. The zero-order valence-corrected chi connectivity index (χ0v) is 12.1. The Bertz CT molecular complexity index is 507. The third kappa shape index (κ3) is 6.80. The average Bonchev–Trinajstić information content (AvgIpc) is 2.38. The molecule has 0 spiro atoms. The average molecular weight is 299 g/mol. The molecule has 0 saturated heterocycles. The second-order valence-electron chi connectivity index (χ2n) is 4.86. The van der Waals surface area contributed by atoms with Crippen LogP contribution in [-0.2, 0) is 9.59 Å². The molecule has 0 aliphatic heterocycles. The molecule has 2 N–H and O–H groups in total. The van der Waals surface area contributed by atoms with Crippen molar-refractivity contribution in [1.82, 2.24) is 10.2 Å². The lowest BCUT2D eigenvalue weighted by Crippen LogP contribution is -2.30. The van der Waals surface area contributed by atoms with Crippen molar-refractivity contribution in [2.45, 2.75) is 12.8 Å². The van der Waals surface area contributed by atoms with Crippen LogP contribution in [0.2, 0.25) is 0 Å². The van der Waals surface area contributed by atoms with Gasteiger partial charge in [-0.3, -0.25) is 9.59 Å². The molecule has 0 saturated carbocycles. The molecular weight excluding hydrogens is 280 g/mol. The Morgan fingerprint density at radius 1 is 1.19 bits per heavy atom. The molecule has 0 aliphatic rings. The lowest BCUT2D eigenvalue weighted by Gasteiger charge is -2.10. The fraction of sp³-hybridized carbons (Fsp3) is 0.429. The highest BCUT2D eigenvalue weighted by atomic mass is 19.1. The van der Waals surface area contributed by atoms with Crippen LogP contribution in [0.4, 0.5) is 14.5 Å².